The number of nitrogens with one attached hydrogen (secondary N) is 1. The van der Waals surface area contributed by atoms with Crippen LogP contribution in [-0.4, -0.2) is 16.0 Å². The van der Waals surface area contributed by atoms with Gasteiger partial charge in [0.2, 0.25) is 11.7 Å². The first kappa shape index (κ1) is 15.7. The van der Waals surface area contributed by atoms with E-state index in [0.717, 1.165) is 5.75 Å². The Morgan fingerprint density at radius 3 is 2.67 bits per heavy atom. The summed E-state index contributed by atoms with van der Waals surface area (Å²) in [6.45, 7) is 2.00. The third-order valence-corrected chi connectivity index (χ3v) is 3.33. The molecule has 1 N–H and O–H groups in total. The number of hydrogen-bond donors (Lipinski definition) is 1. The Morgan fingerprint density at radius 1 is 1.12 bits per heavy atom. The van der Waals surface area contributed by atoms with Crippen LogP contribution in [0.15, 0.2) is 59.1 Å². The minimum atomic E-state index is -0.0744. The van der Waals surface area contributed by atoms with E-state index >= 15 is 0 Å². The van der Waals surface area contributed by atoms with Crippen molar-refractivity contribution in [1.82, 2.24) is 10.1 Å². The molecule has 3 aromatic rings. The standard InChI is InChI=1S/C18H17N3O3/c1-2-17(22)19-15-11-7-6-10-14(15)18-20-16(21-24-18)12-23-13-8-4-3-5-9-13/h3-11H,2,12H2,1H3,(H,19,22). The van der Waals surface area contributed by atoms with Gasteiger partial charge in [0, 0.05) is 6.42 Å². The van der Waals surface area contributed by atoms with Crippen LogP contribution in [0.4, 0.5) is 5.69 Å². The molecular weight excluding hydrogens is 306 g/mol. The molecule has 1 aromatic heterocycles. The number of carbonyl (C=O) groups is 1. The number of rotatable bonds is 6. The molecule has 0 spiro atoms. The van der Waals surface area contributed by atoms with Crippen LogP contribution in [0, 0.1) is 0 Å². The lowest BCUT2D eigenvalue weighted by atomic mass is 10.1. The summed E-state index contributed by atoms with van der Waals surface area (Å²) in [4.78, 5) is 16.0. The second kappa shape index (κ2) is 7.41. The molecule has 122 valence electrons. The average molecular weight is 323 g/mol. The van der Waals surface area contributed by atoms with E-state index in [0.29, 0.717) is 29.4 Å². The van der Waals surface area contributed by atoms with Gasteiger partial charge in [0.15, 0.2) is 6.61 Å². The van der Waals surface area contributed by atoms with E-state index in [1.807, 2.05) is 48.5 Å². The van der Waals surface area contributed by atoms with Gasteiger partial charge in [-0.3, -0.25) is 4.79 Å². The minimum absolute atomic E-state index is 0.0744. The zero-order chi connectivity index (χ0) is 16.8. The van der Waals surface area contributed by atoms with Crippen molar-refractivity contribution in [3.05, 3.63) is 60.4 Å². The smallest absolute Gasteiger partial charge is 0.260 e. The van der Waals surface area contributed by atoms with E-state index in [-0.39, 0.29) is 12.5 Å². The highest BCUT2D eigenvalue weighted by Crippen LogP contribution is 2.26. The van der Waals surface area contributed by atoms with Gasteiger partial charge in [-0.2, -0.15) is 4.98 Å². The van der Waals surface area contributed by atoms with E-state index in [2.05, 4.69) is 15.5 Å². The van der Waals surface area contributed by atoms with E-state index in [9.17, 15) is 4.79 Å². The summed E-state index contributed by atoms with van der Waals surface area (Å²) < 4.78 is 10.9. The monoisotopic (exact) mass is 323 g/mol. The summed E-state index contributed by atoms with van der Waals surface area (Å²) in [7, 11) is 0. The van der Waals surface area contributed by atoms with Gasteiger partial charge >= 0.3 is 0 Å². The van der Waals surface area contributed by atoms with Crippen molar-refractivity contribution in [2.45, 2.75) is 20.0 Å². The van der Waals surface area contributed by atoms with Gasteiger partial charge in [-0.05, 0) is 24.3 Å². The number of para-hydroxylation sites is 2. The number of hydrogen-bond acceptors (Lipinski definition) is 5. The normalized spacial score (nSPS) is 10.4. The van der Waals surface area contributed by atoms with Crippen LogP contribution >= 0.6 is 0 Å². The van der Waals surface area contributed by atoms with Gasteiger partial charge in [-0.1, -0.05) is 42.4 Å². The highest BCUT2D eigenvalue weighted by molar-refractivity contribution is 5.94. The van der Waals surface area contributed by atoms with Gasteiger partial charge < -0.3 is 14.6 Å². The zero-order valence-electron chi connectivity index (χ0n) is 13.2. The van der Waals surface area contributed by atoms with Crippen molar-refractivity contribution in [3.63, 3.8) is 0 Å². The van der Waals surface area contributed by atoms with Crippen molar-refractivity contribution in [2.24, 2.45) is 0 Å². The van der Waals surface area contributed by atoms with E-state index in [1.165, 1.54) is 0 Å². The third kappa shape index (κ3) is 3.78. The maximum Gasteiger partial charge on any atom is 0.260 e. The van der Waals surface area contributed by atoms with Crippen LogP contribution in [0.25, 0.3) is 11.5 Å². The van der Waals surface area contributed by atoms with Crippen LogP contribution in [-0.2, 0) is 11.4 Å². The minimum Gasteiger partial charge on any atom is -0.485 e. The molecule has 0 atom stereocenters. The SMILES string of the molecule is CCC(=O)Nc1ccccc1-c1nc(COc2ccccc2)no1. The Balaban J connectivity index is 1.75. The fourth-order valence-electron chi connectivity index (χ4n) is 2.10. The Hall–Kier alpha value is -3.15. The predicted octanol–water partition coefficient (Wildman–Crippen LogP) is 3.66. The highest BCUT2D eigenvalue weighted by atomic mass is 16.5. The predicted molar refractivity (Wildman–Crippen MR) is 89.4 cm³/mol. The molecule has 0 unspecified atom stereocenters. The molecule has 2 aromatic carbocycles. The van der Waals surface area contributed by atoms with Crippen LogP contribution < -0.4 is 10.1 Å². The van der Waals surface area contributed by atoms with Crippen molar-refractivity contribution in [3.8, 4) is 17.2 Å². The Morgan fingerprint density at radius 2 is 1.88 bits per heavy atom. The van der Waals surface area contributed by atoms with E-state index in [1.54, 1.807) is 13.0 Å². The topological polar surface area (TPSA) is 77.2 Å². The lowest BCUT2D eigenvalue weighted by molar-refractivity contribution is -0.115. The number of anilines is 1. The Labute approximate surface area is 139 Å². The molecule has 0 saturated carbocycles. The molecule has 24 heavy (non-hydrogen) atoms. The Bertz CT molecular complexity index is 815. The van der Waals surface area contributed by atoms with Crippen LogP contribution in [0.5, 0.6) is 5.75 Å². The first-order valence-electron chi connectivity index (χ1n) is 7.66. The maximum atomic E-state index is 11.6. The van der Waals surface area contributed by atoms with E-state index < -0.39 is 0 Å². The first-order valence-corrected chi connectivity index (χ1v) is 7.66. The third-order valence-electron chi connectivity index (χ3n) is 3.33. The fourth-order valence-corrected chi connectivity index (χ4v) is 2.10. The molecular formula is C18H17N3O3. The molecule has 0 fully saturated rings. The quantitative estimate of drug-likeness (QED) is 0.749. The van der Waals surface area contributed by atoms with Crippen LogP contribution in [0.3, 0.4) is 0 Å². The number of aromatic nitrogens is 2. The highest BCUT2D eigenvalue weighted by Gasteiger charge is 2.14. The number of amides is 1. The number of carbonyl (C=O) groups excluding carboxylic acids is 1. The van der Waals surface area contributed by atoms with Gasteiger partial charge in [0.25, 0.3) is 5.89 Å². The van der Waals surface area contributed by atoms with Crippen LogP contribution in [0.2, 0.25) is 0 Å². The average Bonchev–Trinajstić information content (AvgIpc) is 3.10. The molecule has 3 rings (SSSR count). The lowest BCUT2D eigenvalue weighted by Gasteiger charge is -2.06. The van der Waals surface area contributed by atoms with Crippen molar-refractivity contribution >= 4 is 11.6 Å². The molecule has 0 aliphatic heterocycles. The van der Waals surface area contributed by atoms with E-state index in [4.69, 9.17) is 9.26 Å². The molecule has 0 aliphatic carbocycles. The second-order valence-electron chi connectivity index (χ2n) is 5.06. The maximum absolute atomic E-state index is 11.6. The number of benzene rings is 2. The first-order chi connectivity index (χ1) is 11.8. The zero-order valence-corrected chi connectivity index (χ0v) is 13.2. The Kier molecular flexibility index (Phi) is 4.86. The molecule has 0 radical (unpaired) electrons. The summed E-state index contributed by atoms with van der Waals surface area (Å²) >= 11 is 0. The lowest BCUT2D eigenvalue weighted by Crippen LogP contribution is -2.10. The molecule has 0 saturated heterocycles. The molecule has 6 heteroatoms. The summed E-state index contributed by atoms with van der Waals surface area (Å²) in [5.41, 5.74) is 1.32. The van der Waals surface area contributed by atoms with Crippen LogP contribution in [0.1, 0.15) is 19.2 Å². The number of ether oxygens (including phenoxy) is 1. The summed E-state index contributed by atoms with van der Waals surface area (Å²) in [5, 5.41) is 6.75. The summed E-state index contributed by atoms with van der Waals surface area (Å²) in [6, 6.07) is 16.7. The van der Waals surface area contributed by atoms with Crippen molar-refractivity contribution in [2.75, 3.05) is 5.32 Å². The van der Waals surface area contributed by atoms with Gasteiger partial charge in [-0.15, -0.1) is 0 Å². The van der Waals surface area contributed by atoms with Gasteiger partial charge in [0.05, 0.1) is 11.3 Å². The number of nitrogens with zero attached hydrogens (tertiary/aromatic N) is 2. The van der Waals surface area contributed by atoms with Gasteiger partial charge in [-0.25, -0.2) is 0 Å². The molecule has 1 amide bonds. The molecule has 0 aliphatic rings. The van der Waals surface area contributed by atoms with Gasteiger partial charge in [0.1, 0.15) is 5.75 Å². The fraction of sp³-hybridized carbons (Fsp3) is 0.167. The molecule has 6 nitrogen and oxygen atoms in total. The largest absolute Gasteiger partial charge is 0.485 e. The molecule has 0 bridgehead atoms. The molecule has 1 heterocycles. The van der Waals surface area contributed by atoms with Crippen molar-refractivity contribution < 1.29 is 14.1 Å². The summed E-state index contributed by atoms with van der Waals surface area (Å²) in [6.07, 6.45) is 0.397. The van der Waals surface area contributed by atoms with Crippen molar-refractivity contribution in [1.29, 1.82) is 0 Å². The second-order valence-corrected chi connectivity index (χ2v) is 5.06. The summed E-state index contributed by atoms with van der Waals surface area (Å²) in [5.74, 6) is 1.44.